The number of phenolic OH excluding ortho intramolecular Hbond substituents is 1. The van der Waals surface area contributed by atoms with Gasteiger partial charge in [-0.15, -0.1) is 0 Å². The highest BCUT2D eigenvalue weighted by molar-refractivity contribution is 5.98. The lowest BCUT2D eigenvalue weighted by Crippen LogP contribution is -2.22. The summed E-state index contributed by atoms with van der Waals surface area (Å²) in [6, 6.07) is 5.18. The molecule has 0 radical (unpaired) electrons. The van der Waals surface area contributed by atoms with E-state index >= 15 is 0 Å². The van der Waals surface area contributed by atoms with Gasteiger partial charge in [0.15, 0.2) is 0 Å². The summed E-state index contributed by atoms with van der Waals surface area (Å²) in [5, 5.41) is 16.9. The molecular weight excluding hydrogens is 190 g/mol. The summed E-state index contributed by atoms with van der Waals surface area (Å²) < 4.78 is 0. The Hall–Kier alpha value is -1.71. The summed E-state index contributed by atoms with van der Waals surface area (Å²) >= 11 is 0. The SMILES string of the molecule is CCN(CC)c1ccc(C(=N)N)c(O)c1. The number of nitrogen functional groups attached to an aromatic ring is 1. The molecule has 0 fully saturated rings. The molecular formula is C11H17N3O. The van der Waals surface area contributed by atoms with Gasteiger partial charge in [0.2, 0.25) is 0 Å². The second kappa shape index (κ2) is 4.68. The molecule has 1 aromatic rings. The van der Waals surface area contributed by atoms with Crippen LogP contribution in [-0.2, 0) is 0 Å². The Morgan fingerprint density at radius 3 is 2.40 bits per heavy atom. The average Bonchev–Trinajstić information content (AvgIpc) is 2.19. The van der Waals surface area contributed by atoms with Gasteiger partial charge >= 0.3 is 0 Å². The number of nitrogens with two attached hydrogens (primary N) is 1. The molecule has 4 N–H and O–H groups in total. The Kier molecular flexibility index (Phi) is 3.55. The zero-order chi connectivity index (χ0) is 11.4. The number of rotatable bonds is 4. The lowest BCUT2D eigenvalue weighted by atomic mass is 10.1. The smallest absolute Gasteiger partial charge is 0.128 e. The van der Waals surface area contributed by atoms with Crippen LogP contribution in [0, 0.1) is 5.41 Å². The van der Waals surface area contributed by atoms with E-state index in [1.165, 1.54) is 0 Å². The Morgan fingerprint density at radius 2 is 2.00 bits per heavy atom. The van der Waals surface area contributed by atoms with E-state index in [2.05, 4.69) is 18.7 Å². The fourth-order valence-corrected chi connectivity index (χ4v) is 1.53. The van der Waals surface area contributed by atoms with Gasteiger partial charge in [0.25, 0.3) is 0 Å². The number of hydrogen-bond donors (Lipinski definition) is 3. The van der Waals surface area contributed by atoms with Crippen LogP contribution in [-0.4, -0.2) is 24.0 Å². The molecule has 4 nitrogen and oxygen atoms in total. The maximum Gasteiger partial charge on any atom is 0.128 e. The number of benzene rings is 1. The van der Waals surface area contributed by atoms with Crippen LogP contribution < -0.4 is 10.6 Å². The molecule has 0 atom stereocenters. The molecule has 0 saturated carbocycles. The van der Waals surface area contributed by atoms with Crippen molar-refractivity contribution in [1.29, 1.82) is 5.41 Å². The molecule has 0 amide bonds. The summed E-state index contributed by atoms with van der Waals surface area (Å²) in [4.78, 5) is 2.11. The molecule has 1 rings (SSSR count). The van der Waals surface area contributed by atoms with Gasteiger partial charge in [0, 0.05) is 24.8 Å². The highest BCUT2D eigenvalue weighted by atomic mass is 16.3. The minimum atomic E-state index is -0.112. The molecule has 0 aliphatic rings. The fraction of sp³-hybridized carbons (Fsp3) is 0.364. The van der Waals surface area contributed by atoms with Crippen molar-refractivity contribution in [2.24, 2.45) is 5.73 Å². The van der Waals surface area contributed by atoms with Crippen molar-refractivity contribution in [3.05, 3.63) is 23.8 Å². The molecule has 0 unspecified atom stereocenters. The molecule has 0 aromatic heterocycles. The third kappa shape index (κ3) is 2.40. The molecule has 0 aliphatic heterocycles. The van der Waals surface area contributed by atoms with E-state index < -0.39 is 0 Å². The largest absolute Gasteiger partial charge is 0.507 e. The van der Waals surface area contributed by atoms with Gasteiger partial charge in [-0.3, -0.25) is 5.41 Å². The summed E-state index contributed by atoms with van der Waals surface area (Å²) in [6.07, 6.45) is 0. The van der Waals surface area contributed by atoms with E-state index in [1.807, 2.05) is 6.07 Å². The van der Waals surface area contributed by atoms with E-state index in [-0.39, 0.29) is 11.6 Å². The minimum absolute atomic E-state index is 0.0619. The second-order valence-electron chi connectivity index (χ2n) is 3.29. The molecule has 0 heterocycles. The van der Waals surface area contributed by atoms with Crippen LogP contribution in [0.3, 0.4) is 0 Å². The Bertz CT molecular complexity index is 359. The van der Waals surface area contributed by atoms with Crippen LogP contribution in [0.5, 0.6) is 5.75 Å². The number of anilines is 1. The first-order valence-electron chi connectivity index (χ1n) is 5.02. The Morgan fingerprint density at radius 1 is 1.40 bits per heavy atom. The zero-order valence-corrected chi connectivity index (χ0v) is 9.12. The maximum atomic E-state index is 9.65. The second-order valence-corrected chi connectivity index (χ2v) is 3.29. The van der Waals surface area contributed by atoms with Gasteiger partial charge < -0.3 is 15.7 Å². The van der Waals surface area contributed by atoms with Gasteiger partial charge in [-0.1, -0.05) is 0 Å². The standard InChI is InChI=1S/C11H17N3O/c1-3-14(4-2)8-5-6-9(11(12)13)10(15)7-8/h5-7,15H,3-4H2,1-2H3,(H3,12,13). The van der Waals surface area contributed by atoms with Crippen molar-refractivity contribution < 1.29 is 5.11 Å². The Balaban J connectivity index is 3.05. The average molecular weight is 207 g/mol. The van der Waals surface area contributed by atoms with Crippen molar-refractivity contribution in [2.75, 3.05) is 18.0 Å². The quantitative estimate of drug-likeness (QED) is 0.517. The predicted octanol–water partition coefficient (Wildman–Crippen LogP) is 1.52. The lowest BCUT2D eigenvalue weighted by Gasteiger charge is -2.21. The van der Waals surface area contributed by atoms with Crippen molar-refractivity contribution in [2.45, 2.75) is 13.8 Å². The number of nitrogens with one attached hydrogen (secondary N) is 1. The molecule has 4 heteroatoms. The topological polar surface area (TPSA) is 73.3 Å². The van der Waals surface area contributed by atoms with E-state index in [0.29, 0.717) is 5.56 Å². The van der Waals surface area contributed by atoms with E-state index in [4.69, 9.17) is 11.1 Å². The zero-order valence-electron chi connectivity index (χ0n) is 9.12. The monoisotopic (exact) mass is 207 g/mol. The number of nitrogens with zero attached hydrogens (tertiary/aromatic N) is 1. The van der Waals surface area contributed by atoms with Gasteiger partial charge in [0.05, 0.1) is 5.56 Å². The third-order valence-electron chi connectivity index (χ3n) is 2.40. The summed E-state index contributed by atoms with van der Waals surface area (Å²) in [5.41, 5.74) is 6.64. The molecule has 0 aliphatic carbocycles. The predicted molar refractivity (Wildman–Crippen MR) is 62.7 cm³/mol. The van der Waals surface area contributed by atoms with Crippen LogP contribution >= 0.6 is 0 Å². The summed E-state index contributed by atoms with van der Waals surface area (Å²) in [7, 11) is 0. The van der Waals surface area contributed by atoms with Crippen molar-refractivity contribution in [3.8, 4) is 5.75 Å². The van der Waals surface area contributed by atoms with Crippen LogP contribution in [0.25, 0.3) is 0 Å². The Labute approximate surface area is 89.8 Å². The van der Waals surface area contributed by atoms with E-state index in [9.17, 15) is 5.11 Å². The van der Waals surface area contributed by atoms with Gasteiger partial charge in [-0.2, -0.15) is 0 Å². The van der Waals surface area contributed by atoms with Crippen LogP contribution in [0.4, 0.5) is 5.69 Å². The first-order valence-corrected chi connectivity index (χ1v) is 5.02. The number of amidine groups is 1. The number of aromatic hydroxyl groups is 1. The number of hydrogen-bond acceptors (Lipinski definition) is 3. The molecule has 1 aromatic carbocycles. The molecule has 0 saturated heterocycles. The van der Waals surface area contributed by atoms with Crippen LogP contribution in [0.1, 0.15) is 19.4 Å². The molecule has 15 heavy (non-hydrogen) atoms. The van der Waals surface area contributed by atoms with Crippen LogP contribution in [0.15, 0.2) is 18.2 Å². The van der Waals surface area contributed by atoms with Gasteiger partial charge in [0.1, 0.15) is 11.6 Å². The summed E-state index contributed by atoms with van der Waals surface area (Å²) in [6.45, 7) is 5.88. The fourth-order valence-electron chi connectivity index (χ4n) is 1.53. The van der Waals surface area contributed by atoms with E-state index in [1.54, 1.807) is 12.1 Å². The lowest BCUT2D eigenvalue weighted by molar-refractivity contribution is 0.474. The van der Waals surface area contributed by atoms with E-state index in [0.717, 1.165) is 18.8 Å². The highest BCUT2D eigenvalue weighted by Gasteiger charge is 2.07. The van der Waals surface area contributed by atoms with Crippen LogP contribution in [0.2, 0.25) is 0 Å². The van der Waals surface area contributed by atoms with Crippen molar-refractivity contribution in [1.82, 2.24) is 0 Å². The third-order valence-corrected chi connectivity index (χ3v) is 2.40. The first kappa shape index (κ1) is 11.4. The maximum absolute atomic E-state index is 9.65. The highest BCUT2D eigenvalue weighted by Crippen LogP contribution is 2.24. The van der Waals surface area contributed by atoms with Gasteiger partial charge in [-0.25, -0.2) is 0 Å². The molecule has 0 spiro atoms. The van der Waals surface area contributed by atoms with Crippen molar-refractivity contribution in [3.63, 3.8) is 0 Å². The molecule has 0 bridgehead atoms. The van der Waals surface area contributed by atoms with Gasteiger partial charge in [-0.05, 0) is 26.0 Å². The normalized spacial score (nSPS) is 10.0. The number of phenols is 1. The summed E-state index contributed by atoms with van der Waals surface area (Å²) in [5.74, 6) is -0.0505. The first-order chi connectivity index (χ1) is 7.10. The molecule has 82 valence electrons. The van der Waals surface area contributed by atoms with Crippen molar-refractivity contribution >= 4 is 11.5 Å². The minimum Gasteiger partial charge on any atom is -0.507 e.